The SMILES string of the molecule is C[C@@H](N)c1ccccc1Sc1ccc(S(C)(=O)=O)cc1. The Balaban J connectivity index is 2.27. The lowest BCUT2D eigenvalue weighted by Crippen LogP contribution is -2.05. The van der Waals surface area contributed by atoms with Crippen molar-refractivity contribution in [1.82, 2.24) is 0 Å². The summed E-state index contributed by atoms with van der Waals surface area (Å²) in [6, 6.07) is 14.8. The molecule has 2 rings (SSSR count). The average Bonchev–Trinajstić information content (AvgIpc) is 2.38. The van der Waals surface area contributed by atoms with E-state index in [1.807, 2.05) is 43.3 Å². The van der Waals surface area contributed by atoms with E-state index < -0.39 is 9.84 Å². The lowest BCUT2D eigenvalue weighted by atomic mass is 10.1. The summed E-state index contributed by atoms with van der Waals surface area (Å²) in [7, 11) is -3.14. The molecule has 0 bridgehead atoms. The van der Waals surface area contributed by atoms with Gasteiger partial charge in [-0.15, -0.1) is 0 Å². The average molecular weight is 307 g/mol. The molecule has 5 heteroatoms. The van der Waals surface area contributed by atoms with Crippen LogP contribution in [0.15, 0.2) is 63.2 Å². The third-order valence-corrected chi connectivity index (χ3v) is 5.12. The second-order valence-electron chi connectivity index (χ2n) is 4.67. The summed E-state index contributed by atoms with van der Waals surface area (Å²) < 4.78 is 22.8. The summed E-state index contributed by atoms with van der Waals surface area (Å²) in [6.45, 7) is 1.95. The van der Waals surface area contributed by atoms with E-state index in [2.05, 4.69) is 0 Å². The molecular formula is C15H17NO2S2. The zero-order chi connectivity index (χ0) is 14.8. The van der Waals surface area contributed by atoms with Crippen LogP contribution in [-0.4, -0.2) is 14.7 Å². The molecular weight excluding hydrogens is 290 g/mol. The van der Waals surface area contributed by atoms with Crippen LogP contribution in [0.25, 0.3) is 0 Å². The molecule has 0 saturated heterocycles. The summed E-state index contributed by atoms with van der Waals surface area (Å²) in [5.74, 6) is 0. The molecule has 2 aromatic carbocycles. The quantitative estimate of drug-likeness (QED) is 0.942. The highest BCUT2D eigenvalue weighted by molar-refractivity contribution is 7.99. The predicted octanol–water partition coefficient (Wildman–Crippen LogP) is 3.26. The fourth-order valence-corrected chi connectivity index (χ4v) is 3.51. The highest BCUT2D eigenvalue weighted by Gasteiger charge is 2.09. The maximum absolute atomic E-state index is 11.4. The van der Waals surface area contributed by atoms with Crippen LogP contribution in [0.3, 0.4) is 0 Å². The van der Waals surface area contributed by atoms with Crippen molar-refractivity contribution < 1.29 is 8.42 Å². The molecule has 0 saturated carbocycles. The topological polar surface area (TPSA) is 60.2 Å². The van der Waals surface area contributed by atoms with E-state index in [1.165, 1.54) is 6.26 Å². The highest BCUT2D eigenvalue weighted by Crippen LogP contribution is 2.33. The van der Waals surface area contributed by atoms with Crippen molar-refractivity contribution in [2.45, 2.75) is 27.7 Å². The number of benzene rings is 2. The predicted molar refractivity (Wildman–Crippen MR) is 82.7 cm³/mol. The van der Waals surface area contributed by atoms with Crippen LogP contribution in [0.4, 0.5) is 0 Å². The standard InChI is InChI=1S/C15H17NO2S2/c1-11(16)14-5-3-4-6-15(14)19-12-7-9-13(10-8-12)20(2,17)18/h3-11H,16H2,1-2H3/t11-/m1/s1. The van der Waals surface area contributed by atoms with E-state index in [0.29, 0.717) is 4.90 Å². The molecule has 0 aromatic heterocycles. The van der Waals surface area contributed by atoms with Gasteiger partial charge in [0.1, 0.15) is 0 Å². The number of nitrogens with two attached hydrogens (primary N) is 1. The minimum Gasteiger partial charge on any atom is -0.324 e. The first-order chi connectivity index (χ1) is 9.38. The van der Waals surface area contributed by atoms with Crippen LogP contribution in [-0.2, 0) is 9.84 Å². The van der Waals surface area contributed by atoms with Crippen molar-refractivity contribution in [2.75, 3.05) is 6.26 Å². The molecule has 3 nitrogen and oxygen atoms in total. The van der Waals surface area contributed by atoms with E-state index in [0.717, 1.165) is 15.4 Å². The van der Waals surface area contributed by atoms with Gasteiger partial charge in [-0.05, 0) is 42.8 Å². The molecule has 0 spiro atoms. The van der Waals surface area contributed by atoms with Crippen molar-refractivity contribution in [1.29, 1.82) is 0 Å². The fraction of sp³-hybridized carbons (Fsp3) is 0.200. The van der Waals surface area contributed by atoms with E-state index >= 15 is 0 Å². The van der Waals surface area contributed by atoms with E-state index in [4.69, 9.17) is 5.73 Å². The van der Waals surface area contributed by atoms with Gasteiger partial charge in [0.25, 0.3) is 0 Å². The van der Waals surface area contributed by atoms with Gasteiger partial charge in [-0.1, -0.05) is 30.0 Å². The van der Waals surface area contributed by atoms with Crippen molar-refractivity contribution in [3.05, 3.63) is 54.1 Å². The third kappa shape index (κ3) is 3.62. The number of hydrogen-bond acceptors (Lipinski definition) is 4. The maximum Gasteiger partial charge on any atom is 0.175 e. The molecule has 0 radical (unpaired) electrons. The van der Waals surface area contributed by atoms with Crippen molar-refractivity contribution in [3.8, 4) is 0 Å². The van der Waals surface area contributed by atoms with Crippen LogP contribution in [0.1, 0.15) is 18.5 Å². The minimum absolute atomic E-state index is 0.0333. The molecule has 0 aliphatic carbocycles. The van der Waals surface area contributed by atoms with Gasteiger partial charge >= 0.3 is 0 Å². The normalized spacial score (nSPS) is 13.2. The van der Waals surface area contributed by atoms with Gasteiger partial charge in [0.2, 0.25) is 0 Å². The Morgan fingerprint density at radius 3 is 2.20 bits per heavy atom. The number of sulfone groups is 1. The van der Waals surface area contributed by atoms with Crippen LogP contribution < -0.4 is 5.73 Å². The molecule has 2 N–H and O–H groups in total. The molecule has 2 aromatic rings. The Morgan fingerprint density at radius 2 is 1.65 bits per heavy atom. The summed E-state index contributed by atoms with van der Waals surface area (Å²) >= 11 is 1.59. The first kappa shape index (κ1) is 15.1. The van der Waals surface area contributed by atoms with Gasteiger partial charge in [0, 0.05) is 22.1 Å². The van der Waals surface area contributed by atoms with E-state index in [-0.39, 0.29) is 6.04 Å². The fourth-order valence-electron chi connectivity index (χ4n) is 1.83. The first-order valence-corrected chi connectivity index (χ1v) is 8.91. The maximum atomic E-state index is 11.4. The highest BCUT2D eigenvalue weighted by atomic mass is 32.2. The molecule has 0 aliphatic heterocycles. The van der Waals surface area contributed by atoms with Gasteiger partial charge in [0.15, 0.2) is 9.84 Å². The summed E-state index contributed by atoms with van der Waals surface area (Å²) in [5.41, 5.74) is 7.04. The lowest BCUT2D eigenvalue weighted by molar-refractivity contribution is 0.602. The zero-order valence-electron chi connectivity index (χ0n) is 11.4. The Labute approximate surface area is 124 Å². The number of hydrogen-bond donors (Lipinski definition) is 1. The summed E-state index contributed by atoms with van der Waals surface area (Å²) in [6.07, 6.45) is 1.21. The zero-order valence-corrected chi connectivity index (χ0v) is 13.0. The van der Waals surface area contributed by atoms with Gasteiger partial charge < -0.3 is 5.73 Å². The van der Waals surface area contributed by atoms with Crippen LogP contribution in [0.5, 0.6) is 0 Å². The van der Waals surface area contributed by atoms with Crippen molar-refractivity contribution in [2.24, 2.45) is 5.73 Å². The van der Waals surface area contributed by atoms with Crippen LogP contribution in [0.2, 0.25) is 0 Å². The largest absolute Gasteiger partial charge is 0.324 e. The molecule has 0 unspecified atom stereocenters. The molecule has 0 fully saturated rings. The minimum atomic E-state index is -3.14. The van der Waals surface area contributed by atoms with Gasteiger partial charge in [-0.3, -0.25) is 0 Å². The van der Waals surface area contributed by atoms with Crippen molar-refractivity contribution in [3.63, 3.8) is 0 Å². The van der Waals surface area contributed by atoms with Crippen LogP contribution >= 0.6 is 11.8 Å². The molecule has 106 valence electrons. The molecule has 20 heavy (non-hydrogen) atoms. The smallest absolute Gasteiger partial charge is 0.175 e. The van der Waals surface area contributed by atoms with Crippen LogP contribution in [0, 0.1) is 0 Å². The monoisotopic (exact) mass is 307 g/mol. The van der Waals surface area contributed by atoms with Gasteiger partial charge in [-0.2, -0.15) is 0 Å². The Kier molecular flexibility index (Phi) is 4.52. The van der Waals surface area contributed by atoms with E-state index in [9.17, 15) is 8.42 Å². The molecule has 0 amide bonds. The second-order valence-corrected chi connectivity index (χ2v) is 7.80. The molecule has 1 atom stereocenters. The Bertz CT molecular complexity index is 692. The second kappa shape index (κ2) is 5.99. The summed E-state index contributed by atoms with van der Waals surface area (Å²) in [5, 5.41) is 0. The van der Waals surface area contributed by atoms with Gasteiger partial charge in [0.05, 0.1) is 4.90 Å². The molecule has 0 aliphatic rings. The van der Waals surface area contributed by atoms with E-state index in [1.54, 1.807) is 23.9 Å². The Morgan fingerprint density at radius 1 is 1.05 bits per heavy atom. The third-order valence-electron chi connectivity index (χ3n) is 2.89. The molecule has 0 heterocycles. The Hall–Kier alpha value is -1.30. The van der Waals surface area contributed by atoms with Crippen molar-refractivity contribution >= 4 is 21.6 Å². The van der Waals surface area contributed by atoms with Gasteiger partial charge in [-0.25, -0.2) is 8.42 Å². The lowest BCUT2D eigenvalue weighted by Gasteiger charge is -2.12. The summed E-state index contributed by atoms with van der Waals surface area (Å²) in [4.78, 5) is 2.42. The number of rotatable bonds is 4. The first-order valence-electron chi connectivity index (χ1n) is 6.20.